The summed E-state index contributed by atoms with van der Waals surface area (Å²) in [6, 6.07) is 37.1. The van der Waals surface area contributed by atoms with E-state index in [1.54, 1.807) is 24.3 Å². The number of halogens is 2. The molecule has 4 rings (SSSR count). The number of benzene rings is 4. The Morgan fingerprint density at radius 1 is 0.486 bits per heavy atom. The van der Waals surface area contributed by atoms with E-state index in [0.29, 0.717) is 22.6 Å². The summed E-state index contributed by atoms with van der Waals surface area (Å²) in [4.78, 5) is 26.1. The van der Waals surface area contributed by atoms with Crippen LogP contribution in [0.1, 0.15) is 31.8 Å². The topological polar surface area (TPSA) is 52.6 Å². The zero-order valence-corrected chi connectivity index (χ0v) is 26.8. The first-order valence-electron chi connectivity index (χ1n) is 11.4. The van der Waals surface area contributed by atoms with Crippen LogP contribution in [0.4, 0.5) is 0 Å². The summed E-state index contributed by atoms with van der Waals surface area (Å²) < 4.78 is 13.0. The van der Waals surface area contributed by atoms with Gasteiger partial charge in [-0.05, 0) is 0 Å². The van der Waals surface area contributed by atoms with Crippen molar-refractivity contribution in [2.24, 2.45) is 0 Å². The van der Waals surface area contributed by atoms with Crippen LogP contribution < -0.4 is 0 Å². The number of hydrogen-bond donors (Lipinski definition) is 0. The SMILES string of the molecule is O=C(/C=C(\[O][Sn]([I])([I])[O]/C(=C\C(=O)c1ccccc1)c1ccccc1)c1ccccc1)c1ccccc1. The van der Waals surface area contributed by atoms with Crippen LogP contribution in [-0.4, -0.2) is 22.8 Å². The fourth-order valence-electron chi connectivity index (χ4n) is 3.43. The molecule has 0 saturated carbocycles. The van der Waals surface area contributed by atoms with E-state index in [2.05, 4.69) is 37.3 Å². The zero-order chi connectivity index (χ0) is 26.1. The van der Waals surface area contributed by atoms with Crippen molar-refractivity contribution >= 4 is 71.6 Å². The predicted molar refractivity (Wildman–Crippen MR) is 166 cm³/mol. The standard InChI is InChI=1S/2C15H12O2.2HI.Sn/c2*16-14(12-7-3-1-4-8-12)11-15(17)13-9-5-2-6-10-13;;;/h2*1-11,16H;2*1H;/q;;;;+4/p-4/b2*14-11-;;;. The van der Waals surface area contributed by atoms with Crippen LogP contribution in [0.25, 0.3) is 11.5 Å². The quantitative estimate of drug-likeness (QED) is 0.0533. The second-order valence-electron chi connectivity index (χ2n) is 7.88. The first kappa shape index (κ1) is 27.6. The first-order valence-corrected chi connectivity index (χ1v) is 30.4. The number of rotatable bonds is 10. The number of carbonyl (C=O) groups is 2. The van der Waals surface area contributed by atoms with Gasteiger partial charge in [0.05, 0.1) is 0 Å². The van der Waals surface area contributed by atoms with Crippen LogP contribution in [0.5, 0.6) is 0 Å². The monoisotopic (exact) mass is 820 g/mol. The van der Waals surface area contributed by atoms with Crippen molar-refractivity contribution in [3.05, 3.63) is 156 Å². The molecule has 4 nitrogen and oxygen atoms in total. The van der Waals surface area contributed by atoms with E-state index in [-0.39, 0.29) is 11.6 Å². The predicted octanol–water partition coefficient (Wildman–Crippen LogP) is 8.17. The van der Waals surface area contributed by atoms with Crippen molar-refractivity contribution in [2.75, 3.05) is 0 Å². The summed E-state index contributed by atoms with van der Waals surface area (Å²) in [5.74, 6) is 0.562. The molecular formula is C30H22I2O4Sn. The summed E-state index contributed by atoms with van der Waals surface area (Å²) in [7, 11) is 0. The van der Waals surface area contributed by atoms with Crippen molar-refractivity contribution in [1.82, 2.24) is 0 Å². The number of hydrogen-bond acceptors (Lipinski definition) is 4. The summed E-state index contributed by atoms with van der Waals surface area (Å²) in [6.07, 6.45) is 3.02. The molecule has 0 N–H and O–H groups in total. The van der Waals surface area contributed by atoms with Crippen molar-refractivity contribution in [3.8, 4) is 0 Å². The molecule has 0 spiro atoms. The van der Waals surface area contributed by atoms with Crippen molar-refractivity contribution in [1.29, 1.82) is 0 Å². The Bertz CT molecular complexity index is 1300. The van der Waals surface area contributed by atoms with E-state index in [4.69, 9.17) is 6.15 Å². The van der Waals surface area contributed by atoms with E-state index in [0.717, 1.165) is 11.1 Å². The van der Waals surface area contributed by atoms with Crippen LogP contribution in [0.2, 0.25) is 0 Å². The Balaban J connectivity index is 1.66. The number of allylic oxidation sites excluding steroid dienone is 2. The molecule has 0 aliphatic carbocycles. The molecule has 0 amide bonds. The minimum absolute atomic E-state index is 0.160. The molecule has 37 heavy (non-hydrogen) atoms. The third-order valence-electron chi connectivity index (χ3n) is 5.22. The Morgan fingerprint density at radius 3 is 1.05 bits per heavy atom. The summed E-state index contributed by atoms with van der Waals surface area (Å²) in [5, 5.41) is 0. The molecule has 0 bridgehead atoms. The molecule has 0 atom stereocenters. The maximum absolute atomic E-state index is 13.0. The van der Waals surface area contributed by atoms with Gasteiger partial charge in [-0.15, -0.1) is 0 Å². The third kappa shape index (κ3) is 8.27. The van der Waals surface area contributed by atoms with Crippen molar-refractivity contribution in [2.45, 2.75) is 0 Å². The Hall–Kier alpha value is -2.44. The molecule has 0 saturated heterocycles. The summed E-state index contributed by atoms with van der Waals surface area (Å²) in [5.41, 5.74) is 2.69. The molecule has 4 aromatic rings. The minimum atomic E-state index is -3.93. The van der Waals surface area contributed by atoms with Gasteiger partial charge in [0.2, 0.25) is 0 Å². The van der Waals surface area contributed by atoms with Crippen LogP contribution in [-0.2, 0) is 6.15 Å². The van der Waals surface area contributed by atoms with E-state index < -0.39 is 11.3 Å². The third-order valence-corrected chi connectivity index (χ3v) is 13.7. The van der Waals surface area contributed by atoms with Gasteiger partial charge in [-0.25, -0.2) is 0 Å². The molecular weight excluding hydrogens is 797 g/mol. The van der Waals surface area contributed by atoms with Crippen molar-refractivity contribution < 1.29 is 15.7 Å². The average Bonchev–Trinajstić information content (AvgIpc) is 2.94. The molecule has 0 radical (unpaired) electrons. The molecule has 0 heterocycles. The van der Waals surface area contributed by atoms with Gasteiger partial charge in [0.1, 0.15) is 0 Å². The molecule has 0 aliphatic heterocycles. The molecule has 7 heteroatoms. The Labute approximate surface area is 240 Å². The normalized spacial score (nSPS) is 12.1. The number of carbonyl (C=O) groups excluding carboxylic acids is 2. The fraction of sp³-hybridized carbons (Fsp3) is 0. The molecule has 0 aromatic heterocycles. The van der Waals surface area contributed by atoms with Crippen LogP contribution in [0, 0.1) is 0 Å². The van der Waals surface area contributed by atoms with Gasteiger partial charge in [-0.1, -0.05) is 0 Å². The van der Waals surface area contributed by atoms with Crippen LogP contribution in [0.3, 0.4) is 0 Å². The maximum atomic E-state index is 13.0. The second kappa shape index (κ2) is 13.4. The van der Waals surface area contributed by atoms with Gasteiger partial charge < -0.3 is 0 Å². The van der Waals surface area contributed by atoms with E-state index in [1.807, 2.05) is 97.1 Å². The van der Waals surface area contributed by atoms with Gasteiger partial charge in [0.15, 0.2) is 0 Å². The molecule has 184 valence electrons. The van der Waals surface area contributed by atoms with E-state index in [1.165, 1.54) is 12.2 Å². The van der Waals surface area contributed by atoms with Gasteiger partial charge in [0.25, 0.3) is 0 Å². The van der Waals surface area contributed by atoms with Crippen molar-refractivity contribution in [3.63, 3.8) is 0 Å². The fourth-order valence-corrected chi connectivity index (χ4v) is 12.4. The molecule has 0 unspecified atom stereocenters. The van der Waals surface area contributed by atoms with Gasteiger partial charge >= 0.3 is 243 Å². The molecule has 0 aliphatic rings. The zero-order valence-electron chi connectivity index (χ0n) is 19.6. The summed E-state index contributed by atoms with van der Waals surface area (Å²) in [6.45, 7) is 0. The molecule has 4 aromatic carbocycles. The Morgan fingerprint density at radius 2 is 0.757 bits per heavy atom. The van der Waals surface area contributed by atoms with Crippen LogP contribution in [0.15, 0.2) is 133 Å². The van der Waals surface area contributed by atoms with Gasteiger partial charge in [0, 0.05) is 0 Å². The Kier molecular flexibility index (Phi) is 9.98. The van der Waals surface area contributed by atoms with Gasteiger partial charge in [-0.3, -0.25) is 0 Å². The van der Waals surface area contributed by atoms with Crippen LogP contribution >= 0.6 is 37.3 Å². The van der Waals surface area contributed by atoms with Gasteiger partial charge in [-0.2, -0.15) is 0 Å². The first-order chi connectivity index (χ1) is 17.9. The second-order valence-corrected chi connectivity index (χ2v) is 44.6. The number of ketones is 2. The van der Waals surface area contributed by atoms with E-state index >= 15 is 0 Å². The average molecular weight is 819 g/mol. The van der Waals surface area contributed by atoms with E-state index in [9.17, 15) is 9.59 Å². The molecule has 0 fully saturated rings. The summed E-state index contributed by atoms with van der Waals surface area (Å²) >= 11 is 0.535.